The van der Waals surface area contributed by atoms with Gasteiger partial charge in [0.25, 0.3) is 0 Å². The number of rotatable bonds is 4. The summed E-state index contributed by atoms with van der Waals surface area (Å²) < 4.78 is 17.2. The summed E-state index contributed by atoms with van der Waals surface area (Å²) in [5.41, 5.74) is 2.62. The van der Waals surface area contributed by atoms with Crippen LogP contribution in [0.25, 0.3) is 0 Å². The molecular formula is C21H31N3O3. The minimum atomic E-state index is 0.232. The fourth-order valence-electron chi connectivity index (χ4n) is 4.47. The van der Waals surface area contributed by atoms with E-state index in [0.29, 0.717) is 12.0 Å². The summed E-state index contributed by atoms with van der Waals surface area (Å²) in [6.45, 7) is 9.51. The SMILES string of the molecule is CCNC(=NCc1cc2c(cc1OC)CC(C)O2)N1CCC2(CCOC2)C1. The van der Waals surface area contributed by atoms with Crippen molar-refractivity contribution < 1.29 is 14.2 Å². The highest BCUT2D eigenvalue weighted by molar-refractivity contribution is 5.80. The Balaban J connectivity index is 1.52. The average molecular weight is 373 g/mol. The lowest BCUT2D eigenvalue weighted by Gasteiger charge is -2.25. The number of guanidine groups is 1. The van der Waals surface area contributed by atoms with Gasteiger partial charge in [-0.25, -0.2) is 4.99 Å². The summed E-state index contributed by atoms with van der Waals surface area (Å²) in [7, 11) is 1.73. The molecule has 1 spiro atoms. The lowest BCUT2D eigenvalue weighted by Crippen LogP contribution is -2.41. The van der Waals surface area contributed by atoms with Gasteiger partial charge in [-0.2, -0.15) is 0 Å². The van der Waals surface area contributed by atoms with Gasteiger partial charge in [0.2, 0.25) is 0 Å². The smallest absolute Gasteiger partial charge is 0.194 e. The number of aliphatic imine (C=N–C) groups is 1. The van der Waals surface area contributed by atoms with Gasteiger partial charge in [0.15, 0.2) is 5.96 Å². The summed E-state index contributed by atoms with van der Waals surface area (Å²) in [5.74, 6) is 2.85. The van der Waals surface area contributed by atoms with Gasteiger partial charge in [-0.15, -0.1) is 0 Å². The molecule has 0 saturated carbocycles. The highest BCUT2D eigenvalue weighted by Gasteiger charge is 2.42. The third kappa shape index (κ3) is 3.72. The maximum atomic E-state index is 5.92. The van der Waals surface area contributed by atoms with Crippen molar-refractivity contribution in [1.82, 2.24) is 10.2 Å². The standard InChI is InChI=1S/C21H31N3O3/c1-4-22-20(24-7-5-21(13-24)6-8-26-14-21)23-12-17-11-19-16(9-15(2)27-19)10-18(17)25-3/h10-11,15H,4-9,12-14H2,1-3H3,(H,22,23). The van der Waals surface area contributed by atoms with E-state index in [2.05, 4.69) is 36.2 Å². The van der Waals surface area contributed by atoms with Crippen molar-refractivity contribution >= 4 is 5.96 Å². The molecule has 2 fully saturated rings. The molecule has 3 heterocycles. The van der Waals surface area contributed by atoms with Crippen molar-refractivity contribution in [1.29, 1.82) is 0 Å². The van der Waals surface area contributed by atoms with E-state index in [1.165, 1.54) is 12.0 Å². The second kappa shape index (κ2) is 7.58. The zero-order chi connectivity index (χ0) is 18.9. The van der Waals surface area contributed by atoms with Gasteiger partial charge in [0.1, 0.15) is 17.6 Å². The quantitative estimate of drug-likeness (QED) is 0.649. The highest BCUT2D eigenvalue weighted by atomic mass is 16.5. The lowest BCUT2D eigenvalue weighted by molar-refractivity contribution is 0.156. The molecule has 0 amide bonds. The first-order chi connectivity index (χ1) is 13.1. The Morgan fingerprint density at radius 2 is 2.30 bits per heavy atom. The second-order valence-corrected chi connectivity index (χ2v) is 8.05. The molecule has 148 valence electrons. The molecule has 6 nitrogen and oxygen atoms in total. The lowest BCUT2D eigenvalue weighted by atomic mass is 9.87. The molecule has 0 aromatic heterocycles. The van der Waals surface area contributed by atoms with Crippen LogP contribution in [0, 0.1) is 5.41 Å². The molecular weight excluding hydrogens is 342 g/mol. The van der Waals surface area contributed by atoms with Gasteiger partial charge < -0.3 is 24.4 Å². The minimum absolute atomic E-state index is 0.232. The van der Waals surface area contributed by atoms with Crippen molar-refractivity contribution in [3.63, 3.8) is 0 Å². The van der Waals surface area contributed by atoms with Crippen molar-refractivity contribution in [2.75, 3.05) is 40.0 Å². The van der Waals surface area contributed by atoms with Gasteiger partial charge >= 0.3 is 0 Å². The normalized spacial score (nSPS) is 27.1. The Kier molecular flexibility index (Phi) is 5.17. The van der Waals surface area contributed by atoms with Crippen LogP contribution in [0.2, 0.25) is 0 Å². The minimum Gasteiger partial charge on any atom is -0.496 e. The molecule has 3 aliphatic rings. The summed E-state index contributed by atoms with van der Waals surface area (Å²) >= 11 is 0. The number of likely N-dealkylation sites (tertiary alicyclic amines) is 1. The van der Waals surface area contributed by atoms with Gasteiger partial charge in [0, 0.05) is 49.2 Å². The van der Waals surface area contributed by atoms with Crippen LogP contribution in [0.3, 0.4) is 0 Å². The molecule has 1 aromatic rings. The highest BCUT2D eigenvalue weighted by Crippen LogP contribution is 2.38. The third-order valence-corrected chi connectivity index (χ3v) is 5.96. The maximum absolute atomic E-state index is 5.92. The van der Waals surface area contributed by atoms with Crippen molar-refractivity contribution in [3.05, 3.63) is 23.3 Å². The van der Waals surface area contributed by atoms with Crippen LogP contribution in [0.15, 0.2) is 17.1 Å². The summed E-state index contributed by atoms with van der Waals surface area (Å²) in [6, 6.07) is 4.21. The van der Waals surface area contributed by atoms with E-state index < -0.39 is 0 Å². The first kappa shape index (κ1) is 18.4. The number of hydrogen-bond donors (Lipinski definition) is 1. The molecule has 4 rings (SSSR count). The maximum Gasteiger partial charge on any atom is 0.194 e. The average Bonchev–Trinajstić information content (AvgIpc) is 3.38. The summed E-state index contributed by atoms with van der Waals surface area (Å²) in [4.78, 5) is 7.31. The number of benzene rings is 1. The molecule has 2 unspecified atom stereocenters. The number of methoxy groups -OCH3 is 1. The topological polar surface area (TPSA) is 55.3 Å². The molecule has 0 bridgehead atoms. The summed E-state index contributed by atoms with van der Waals surface area (Å²) in [5, 5.41) is 3.46. The zero-order valence-electron chi connectivity index (χ0n) is 16.7. The predicted molar refractivity (Wildman–Crippen MR) is 106 cm³/mol. The van der Waals surface area contributed by atoms with Crippen LogP contribution in [-0.4, -0.2) is 56.9 Å². The first-order valence-electron chi connectivity index (χ1n) is 10.1. The Morgan fingerprint density at radius 3 is 3.04 bits per heavy atom. The van der Waals surface area contributed by atoms with E-state index in [1.54, 1.807) is 7.11 Å². The van der Waals surface area contributed by atoms with Crippen LogP contribution in [0.4, 0.5) is 0 Å². The van der Waals surface area contributed by atoms with Gasteiger partial charge in [-0.05, 0) is 38.8 Å². The fraction of sp³-hybridized carbons (Fsp3) is 0.667. The molecule has 27 heavy (non-hydrogen) atoms. The number of nitrogens with one attached hydrogen (secondary N) is 1. The largest absolute Gasteiger partial charge is 0.496 e. The van der Waals surface area contributed by atoms with Crippen molar-refractivity contribution in [3.8, 4) is 11.5 Å². The van der Waals surface area contributed by atoms with Gasteiger partial charge in [-0.1, -0.05) is 0 Å². The summed E-state index contributed by atoms with van der Waals surface area (Å²) in [6.07, 6.45) is 3.52. The fourth-order valence-corrected chi connectivity index (χ4v) is 4.47. The predicted octanol–water partition coefficient (Wildman–Crippen LogP) is 2.60. The molecule has 2 saturated heterocycles. The number of ether oxygens (including phenoxy) is 3. The van der Waals surface area contributed by atoms with E-state index in [4.69, 9.17) is 19.2 Å². The van der Waals surface area contributed by atoms with Crippen molar-refractivity contribution in [2.24, 2.45) is 10.4 Å². The Hall–Kier alpha value is -1.95. The van der Waals surface area contributed by atoms with Crippen LogP contribution in [-0.2, 0) is 17.7 Å². The number of fused-ring (bicyclic) bond motifs is 1. The van der Waals surface area contributed by atoms with E-state index >= 15 is 0 Å². The second-order valence-electron chi connectivity index (χ2n) is 8.05. The molecule has 2 atom stereocenters. The number of hydrogen-bond acceptors (Lipinski definition) is 4. The van der Waals surface area contributed by atoms with Crippen LogP contribution in [0.5, 0.6) is 11.5 Å². The van der Waals surface area contributed by atoms with Crippen LogP contribution in [0.1, 0.15) is 37.8 Å². The number of nitrogens with zero attached hydrogens (tertiary/aromatic N) is 2. The Morgan fingerprint density at radius 1 is 1.41 bits per heavy atom. The van der Waals surface area contributed by atoms with E-state index in [1.807, 2.05) is 0 Å². The molecule has 0 aliphatic carbocycles. The molecule has 1 aromatic carbocycles. The van der Waals surface area contributed by atoms with E-state index in [9.17, 15) is 0 Å². The van der Waals surface area contributed by atoms with Crippen molar-refractivity contribution in [2.45, 2.75) is 45.8 Å². The Labute approximate surface area is 161 Å². The van der Waals surface area contributed by atoms with Crippen LogP contribution < -0.4 is 14.8 Å². The first-order valence-corrected chi connectivity index (χ1v) is 10.1. The van der Waals surface area contributed by atoms with E-state index in [0.717, 1.165) is 68.7 Å². The van der Waals surface area contributed by atoms with Gasteiger partial charge in [0.05, 0.1) is 20.3 Å². The Bertz CT molecular complexity index is 713. The molecule has 6 heteroatoms. The molecule has 1 N–H and O–H groups in total. The zero-order valence-corrected chi connectivity index (χ0v) is 16.7. The molecule has 0 radical (unpaired) electrons. The van der Waals surface area contributed by atoms with E-state index in [-0.39, 0.29) is 6.10 Å². The monoisotopic (exact) mass is 373 g/mol. The van der Waals surface area contributed by atoms with Gasteiger partial charge in [-0.3, -0.25) is 0 Å². The molecule has 3 aliphatic heterocycles. The van der Waals surface area contributed by atoms with Crippen LogP contribution >= 0.6 is 0 Å². The third-order valence-electron chi connectivity index (χ3n) is 5.96.